The zero-order valence-electron chi connectivity index (χ0n) is 12.8. The van der Waals surface area contributed by atoms with E-state index < -0.39 is 5.97 Å². The lowest BCUT2D eigenvalue weighted by molar-refractivity contribution is 0.0698. The van der Waals surface area contributed by atoms with E-state index in [-0.39, 0.29) is 11.0 Å². The fourth-order valence-corrected chi connectivity index (χ4v) is 2.51. The van der Waals surface area contributed by atoms with E-state index in [1.54, 1.807) is 36.4 Å². The summed E-state index contributed by atoms with van der Waals surface area (Å²) in [5.41, 5.74) is 1.60. The molecule has 120 valence electrons. The van der Waals surface area contributed by atoms with Crippen LogP contribution in [0.15, 0.2) is 42.5 Å². The van der Waals surface area contributed by atoms with Crippen LogP contribution in [-0.4, -0.2) is 17.7 Å². The van der Waals surface area contributed by atoms with E-state index in [1.807, 2.05) is 6.07 Å². The molecule has 4 nitrogen and oxygen atoms in total. The number of carboxylic acids is 1. The van der Waals surface area contributed by atoms with Crippen LogP contribution < -0.4 is 10.1 Å². The Morgan fingerprint density at radius 3 is 2.61 bits per heavy atom. The Hall–Kier alpha value is -2.20. The minimum absolute atomic E-state index is 0.201. The first-order valence-corrected chi connectivity index (χ1v) is 7.87. The van der Waals surface area contributed by atoms with Crippen molar-refractivity contribution in [1.29, 1.82) is 0 Å². The molecule has 2 aromatic carbocycles. The number of carboxylic acid groups (broad SMARTS) is 1. The van der Waals surface area contributed by atoms with E-state index in [1.165, 1.54) is 0 Å². The molecule has 1 fully saturated rings. The van der Waals surface area contributed by atoms with Crippen LogP contribution in [0.3, 0.4) is 0 Å². The second kappa shape index (κ2) is 6.13. The number of nitrogens with one attached hydrogen (secondary N) is 1. The van der Waals surface area contributed by atoms with Crippen LogP contribution in [-0.2, 0) is 0 Å². The molecular weight excluding hydrogens is 314 g/mol. The van der Waals surface area contributed by atoms with Crippen molar-refractivity contribution in [3.8, 4) is 5.75 Å². The average molecular weight is 332 g/mol. The molecule has 1 aliphatic rings. The van der Waals surface area contributed by atoms with E-state index in [0.717, 1.165) is 12.8 Å². The molecule has 23 heavy (non-hydrogen) atoms. The molecule has 0 atom stereocenters. The van der Waals surface area contributed by atoms with Crippen LogP contribution in [0.4, 0.5) is 11.4 Å². The van der Waals surface area contributed by atoms with Crippen LogP contribution in [0.1, 0.15) is 30.1 Å². The maximum absolute atomic E-state index is 11.3. The van der Waals surface area contributed by atoms with Crippen LogP contribution in [0.25, 0.3) is 0 Å². The van der Waals surface area contributed by atoms with E-state index in [0.29, 0.717) is 28.8 Å². The monoisotopic (exact) mass is 331 g/mol. The molecule has 1 saturated carbocycles. The summed E-state index contributed by atoms with van der Waals surface area (Å²) in [4.78, 5) is 11.3. The molecular formula is C18H18ClNO3. The lowest BCUT2D eigenvalue weighted by atomic mass is 10.1. The van der Waals surface area contributed by atoms with Gasteiger partial charge in [0.2, 0.25) is 0 Å². The molecule has 0 aromatic heterocycles. The molecule has 0 radical (unpaired) electrons. The predicted octanol–water partition coefficient (Wildman–Crippen LogP) is 4.96. The zero-order valence-corrected chi connectivity index (χ0v) is 13.6. The third kappa shape index (κ3) is 3.59. The Bertz CT molecular complexity index is 741. The van der Waals surface area contributed by atoms with Gasteiger partial charge in [-0.05, 0) is 37.1 Å². The lowest BCUT2D eigenvalue weighted by Gasteiger charge is -2.17. The fourth-order valence-electron chi connectivity index (χ4n) is 2.28. The number of hydrogen-bond acceptors (Lipinski definition) is 3. The first-order chi connectivity index (χ1) is 11.0. The molecule has 0 spiro atoms. The van der Waals surface area contributed by atoms with Gasteiger partial charge in [-0.3, -0.25) is 0 Å². The minimum Gasteiger partial charge on any atom is -0.489 e. The van der Waals surface area contributed by atoms with Gasteiger partial charge >= 0.3 is 5.97 Å². The van der Waals surface area contributed by atoms with Gasteiger partial charge < -0.3 is 15.2 Å². The quantitative estimate of drug-likeness (QED) is 0.785. The van der Waals surface area contributed by atoms with Crippen LogP contribution in [0, 0.1) is 5.41 Å². The largest absolute Gasteiger partial charge is 0.489 e. The first kappa shape index (κ1) is 15.7. The highest BCUT2D eigenvalue weighted by Gasteiger charge is 2.38. The SMILES string of the molecule is CC1(COc2c(Cl)cccc2Nc2ccccc2C(=O)O)CC1. The molecule has 0 bridgehead atoms. The van der Waals surface area contributed by atoms with Crippen molar-refractivity contribution >= 4 is 28.9 Å². The summed E-state index contributed by atoms with van der Waals surface area (Å²) in [6.45, 7) is 2.78. The molecule has 0 aliphatic heterocycles. The van der Waals surface area contributed by atoms with Gasteiger partial charge in [-0.2, -0.15) is 0 Å². The van der Waals surface area contributed by atoms with Crippen LogP contribution in [0.2, 0.25) is 5.02 Å². The summed E-state index contributed by atoms with van der Waals surface area (Å²) in [5, 5.41) is 12.9. The average Bonchev–Trinajstić information content (AvgIpc) is 3.25. The molecule has 0 amide bonds. The molecule has 0 heterocycles. The van der Waals surface area contributed by atoms with Crippen molar-refractivity contribution in [3.05, 3.63) is 53.1 Å². The second-order valence-electron chi connectivity index (χ2n) is 6.19. The Balaban J connectivity index is 1.88. The van der Waals surface area contributed by atoms with Crippen molar-refractivity contribution in [1.82, 2.24) is 0 Å². The van der Waals surface area contributed by atoms with Gasteiger partial charge in [0.05, 0.1) is 28.6 Å². The Kier molecular flexibility index (Phi) is 4.18. The van der Waals surface area contributed by atoms with Crippen molar-refractivity contribution < 1.29 is 14.6 Å². The van der Waals surface area contributed by atoms with Crippen molar-refractivity contribution in [2.45, 2.75) is 19.8 Å². The van der Waals surface area contributed by atoms with Gasteiger partial charge in [-0.1, -0.05) is 36.7 Å². The normalized spacial score (nSPS) is 15.0. The van der Waals surface area contributed by atoms with Gasteiger partial charge in [0.15, 0.2) is 5.75 Å². The highest BCUT2D eigenvalue weighted by Crippen LogP contribution is 2.46. The molecule has 0 unspecified atom stereocenters. The highest BCUT2D eigenvalue weighted by atomic mass is 35.5. The highest BCUT2D eigenvalue weighted by molar-refractivity contribution is 6.32. The van der Waals surface area contributed by atoms with E-state index in [4.69, 9.17) is 16.3 Å². The molecule has 0 saturated heterocycles. The van der Waals surface area contributed by atoms with Crippen LogP contribution in [0.5, 0.6) is 5.75 Å². The number of aromatic carboxylic acids is 1. The summed E-state index contributed by atoms with van der Waals surface area (Å²) in [6.07, 6.45) is 2.31. The van der Waals surface area contributed by atoms with Crippen molar-refractivity contribution in [3.63, 3.8) is 0 Å². The number of benzene rings is 2. The van der Waals surface area contributed by atoms with Gasteiger partial charge in [0, 0.05) is 5.41 Å². The van der Waals surface area contributed by atoms with E-state index in [9.17, 15) is 9.90 Å². The second-order valence-corrected chi connectivity index (χ2v) is 6.60. The summed E-state index contributed by atoms with van der Waals surface area (Å²) in [5.74, 6) is -0.425. The Labute approximate surface area is 140 Å². The first-order valence-electron chi connectivity index (χ1n) is 7.49. The Morgan fingerprint density at radius 1 is 1.22 bits per heavy atom. The number of rotatable bonds is 6. The standard InChI is InChI=1S/C18H18ClNO3/c1-18(9-10-18)11-23-16-13(19)6-4-8-15(16)20-14-7-3-2-5-12(14)17(21)22/h2-8,20H,9-11H2,1H3,(H,21,22). The third-order valence-corrected chi connectivity index (χ3v) is 4.36. The van der Waals surface area contributed by atoms with E-state index >= 15 is 0 Å². The summed E-state index contributed by atoms with van der Waals surface area (Å²) in [6, 6.07) is 12.1. The van der Waals surface area contributed by atoms with Gasteiger partial charge in [0.1, 0.15) is 0 Å². The molecule has 3 rings (SSSR count). The Morgan fingerprint density at radius 2 is 1.91 bits per heavy atom. The fraction of sp³-hybridized carbons (Fsp3) is 0.278. The number of halogens is 1. The number of para-hydroxylation sites is 2. The third-order valence-electron chi connectivity index (χ3n) is 4.06. The summed E-state index contributed by atoms with van der Waals surface area (Å²) in [7, 11) is 0. The molecule has 2 N–H and O–H groups in total. The summed E-state index contributed by atoms with van der Waals surface area (Å²) < 4.78 is 5.93. The van der Waals surface area contributed by atoms with Gasteiger partial charge in [-0.25, -0.2) is 4.79 Å². The lowest BCUT2D eigenvalue weighted by Crippen LogP contribution is -2.10. The smallest absolute Gasteiger partial charge is 0.337 e. The van der Waals surface area contributed by atoms with Gasteiger partial charge in [-0.15, -0.1) is 0 Å². The zero-order chi connectivity index (χ0) is 16.4. The van der Waals surface area contributed by atoms with Crippen molar-refractivity contribution in [2.75, 3.05) is 11.9 Å². The van der Waals surface area contributed by atoms with E-state index in [2.05, 4.69) is 12.2 Å². The maximum Gasteiger partial charge on any atom is 0.337 e. The maximum atomic E-state index is 11.3. The van der Waals surface area contributed by atoms with Gasteiger partial charge in [0.25, 0.3) is 0 Å². The number of carbonyl (C=O) groups is 1. The number of anilines is 2. The van der Waals surface area contributed by atoms with Crippen LogP contribution >= 0.6 is 11.6 Å². The molecule has 1 aliphatic carbocycles. The number of ether oxygens (including phenoxy) is 1. The van der Waals surface area contributed by atoms with Crippen molar-refractivity contribution in [2.24, 2.45) is 5.41 Å². The number of hydrogen-bond donors (Lipinski definition) is 2. The topological polar surface area (TPSA) is 58.6 Å². The minimum atomic E-state index is -0.983. The summed E-state index contributed by atoms with van der Waals surface area (Å²) >= 11 is 6.27. The molecule has 5 heteroatoms. The predicted molar refractivity (Wildman–Crippen MR) is 91.0 cm³/mol. The molecule has 2 aromatic rings.